The monoisotopic (exact) mass is 373 g/mol. The molecule has 2 N–H and O–H groups in total. The number of carbonyl (C=O) groups excluding carboxylic acids is 1. The van der Waals surface area contributed by atoms with E-state index in [4.69, 9.17) is 23.2 Å². The van der Waals surface area contributed by atoms with E-state index in [1.807, 2.05) is 0 Å². The molecule has 0 spiro atoms. The molecule has 0 bridgehead atoms. The molecule has 2 aromatic rings. The lowest BCUT2D eigenvalue weighted by Crippen LogP contribution is -2.14. The van der Waals surface area contributed by atoms with Crippen molar-refractivity contribution in [1.29, 1.82) is 0 Å². The summed E-state index contributed by atoms with van der Waals surface area (Å²) in [6.07, 6.45) is 0. The quantitative estimate of drug-likeness (QED) is 0.775. The maximum absolute atomic E-state index is 12.2. The molecule has 0 fully saturated rings. The molecule has 0 aromatic heterocycles. The molecule has 0 saturated carbocycles. The van der Waals surface area contributed by atoms with Crippen molar-refractivity contribution in [2.75, 3.05) is 5.32 Å². The SMILES string of the molecule is Cc1c(O)cccc1C(=O)Nc1c(Cl)cc(Br)cc1Cl. The molecule has 20 heavy (non-hydrogen) atoms. The van der Waals surface area contributed by atoms with E-state index in [1.165, 1.54) is 6.07 Å². The molecule has 0 atom stereocenters. The summed E-state index contributed by atoms with van der Waals surface area (Å²) in [5.74, 6) is -0.324. The van der Waals surface area contributed by atoms with Crippen LogP contribution in [0.5, 0.6) is 5.75 Å². The van der Waals surface area contributed by atoms with Crippen LogP contribution in [0.15, 0.2) is 34.8 Å². The van der Waals surface area contributed by atoms with Crippen LogP contribution in [0.2, 0.25) is 10.0 Å². The second kappa shape index (κ2) is 6.04. The van der Waals surface area contributed by atoms with Crippen molar-refractivity contribution in [3.05, 3.63) is 56.0 Å². The Labute approximate surface area is 134 Å². The average Bonchev–Trinajstić information content (AvgIpc) is 2.36. The molecule has 0 aliphatic rings. The molecule has 2 aromatic carbocycles. The van der Waals surface area contributed by atoms with E-state index in [0.717, 1.165) is 4.47 Å². The van der Waals surface area contributed by atoms with Gasteiger partial charge in [0.1, 0.15) is 5.75 Å². The van der Waals surface area contributed by atoms with Gasteiger partial charge < -0.3 is 10.4 Å². The van der Waals surface area contributed by atoms with Crippen LogP contribution in [-0.2, 0) is 0 Å². The van der Waals surface area contributed by atoms with Gasteiger partial charge in [0.25, 0.3) is 5.91 Å². The van der Waals surface area contributed by atoms with E-state index in [9.17, 15) is 9.90 Å². The molecular formula is C14H10BrCl2NO2. The Hall–Kier alpha value is -1.23. The van der Waals surface area contributed by atoms with Crippen molar-refractivity contribution in [2.45, 2.75) is 6.92 Å². The summed E-state index contributed by atoms with van der Waals surface area (Å²) in [6.45, 7) is 1.66. The standard InChI is InChI=1S/C14H10BrCl2NO2/c1-7-9(3-2-4-12(7)19)14(20)18-13-10(16)5-8(15)6-11(13)17/h2-6,19H,1H3,(H,18,20). The summed E-state index contributed by atoms with van der Waals surface area (Å²) >= 11 is 15.4. The van der Waals surface area contributed by atoms with Crippen LogP contribution >= 0.6 is 39.1 Å². The number of halogens is 3. The summed E-state index contributed by atoms with van der Waals surface area (Å²) in [7, 11) is 0. The number of aromatic hydroxyl groups is 1. The van der Waals surface area contributed by atoms with Crippen molar-refractivity contribution < 1.29 is 9.90 Å². The Morgan fingerprint density at radius 3 is 2.45 bits per heavy atom. The number of carbonyl (C=O) groups is 1. The molecule has 0 aliphatic heterocycles. The molecule has 0 saturated heterocycles. The Balaban J connectivity index is 2.36. The summed E-state index contributed by atoms with van der Waals surface area (Å²) in [5, 5.41) is 12.9. The zero-order valence-corrected chi connectivity index (χ0v) is 13.5. The molecule has 2 rings (SSSR count). The first kappa shape index (κ1) is 15.2. The highest BCUT2D eigenvalue weighted by Gasteiger charge is 2.15. The number of hydrogen-bond donors (Lipinski definition) is 2. The smallest absolute Gasteiger partial charge is 0.256 e. The molecule has 104 valence electrons. The third-order valence-electron chi connectivity index (χ3n) is 2.80. The average molecular weight is 375 g/mol. The highest BCUT2D eigenvalue weighted by Crippen LogP contribution is 2.34. The molecule has 1 amide bonds. The largest absolute Gasteiger partial charge is 0.508 e. The maximum atomic E-state index is 12.2. The van der Waals surface area contributed by atoms with E-state index in [-0.39, 0.29) is 11.7 Å². The van der Waals surface area contributed by atoms with Crippen molar-refractivity contribution >= 4 is 50.7 Å². The number of rotatable bonds is 2. The fourth-order valence-corrected chi connectivity index (χ4v) is 3.01. The van der Waals surface area contributed by atoms with Gasteiger partial charge in [-0.2, -0.15) is 0 Å². The highest BCUT2D eigenvalue weighted by molar-refractivity contribution is 9.10. The van der Waals surface area contributed by atoms with Crippen LogP contribution in [0.3, 0.4) is 0 Å². The topological polar surface area (TPSA) is 49.3 Å². The second-order valence-electron chi connectivity index (χ2n) is 4.15. The lowest BCUT2D eigenvalue weighted by atomic mass is 10.1. The summed E-state index contributed by atoms with van der Waals surface area (Å²) in [6, 6.07) is 8.01. The van der Waals surface area contributed by atoms with Crippen LogP contribution in [-0.4, -0.2) is 11.0 Å². The maximum Gasteiger partial charge on any atom is 0.256 e. The summed E-state index contributed by atoms with van der Waals surface area (Å²) in [5.41, 5.74) is 1.19. The number of nitrogens with one attached hydrogen (secondary N) is 1. The van der Waals surface area contributed by atoms with Gasteiger partial charge in [-0.3, -0.25) is 4.79 Å². The van der Waals surface area contributed by atoms with Crippen molar-refractivity contribution in [3.8, 4) is 5.75 Å². The number of benzene rings is 2. The van der Waals surface area contributed by atoms with E-state index in [1.54, 1.807) is 31.2 Å². The van der Waals surface area contributed by atoms with Crippen LogP contribution in [0.4, 0.5) is 5.69 Å². The van der Waals surface area contributed by atoms with Crippen molar-refractivity contribution in [3.63, 3.8) is 0 Å². The van der Waals surface area contributed by atoms with E-state index < -0.39 is 0 Å². The zero-order chi connectivity index (χ0) is 14.9. The Morgan fingerprint density at radius 1 is 1.25 bits per heavy atom. The van der Waals surface area contributed by atoms with Gasteiger partial charge in [0.05, 0.1) is 15.7 Å². The predicted octanol–water partition coefficient (Wildman–Crippen LogP) is 5.02. The van der Waals surface area contributed by atoms with E-state index >= 15 is 0 Å². The first-order valence-electron chi connectivity index (χ1n) is 5.64. The Morgan fingerprint density at radius 2 is 1.85 bits per heavy atom. The van der Waals surface area contributed by atoms with Crippen LogP contribution in [0, 0.1) is 6.92 Å². The van der Waals surface area contributed by atoms with E-state index in [2.05, 4.69) is 21.2 Å². The first-order valence-corrected chi connectivity index (χ1v) is 7.19. The molecule has 0 heterocycles. The highest BCUT2D eigenvalue weighted by atomic mass is 79.9. The van der Waals surface area contributed by atoms with Crippen LogP contribution in [0.25, 0.3) is 0 Å². The third kappa shape index (κ3) is 3.08. The summed E-state index contributed by atoms with van der Waals surface area (Å²) < 4.78 is 0.721. The number of anilines is 1. The fraction of sp³-hybridized carbons (Fsp3) is 0.0714. The van der Waals surface area contributed by atoms with Gasteiger partial charge in [-0.25, -0.2) is 0 Å². The Kier molecular flexibility index (Phi) is 4.58. The second-order valence-corrected chi connectivity index (χ2v) is 5.88. The van der Waals surface area contributed by atoms with Gasteiger partial charge in [-0.15, -0.1) is 0 Å². The zero-order valence-electron chi connectivity index (χ0n) is 10.4. The third-order valence-corrected chi connectivity index (χ3v) is 3.85. The first-order chi connectivity index (χ1) is 9.40. The number of hydrogen-bond acceptors (Lipinski definition) is 2. The summed E-state index contributed by atoms with van der Waals surface area (Å²) in [4.78, 5) is 12.2. The van der Waals surface area contributed by atoms with Gasteiger partial charge in [0, 0.05) is 15.6 Å². The van der Waals surface area contributed by atoms with Gasteiger partial charge in [-0.1, -0.05) is 45.2 Å². The molecular weight excluding hydrogens is 365 g/mol. The van der Waals surface area contributed by atoms with Gasteiger partial charge in [0.15, 0.2) is 0 Å². The van der Waals surface area contributed by atoms with Gasteiger partial charge >= 0.3 is 0 Å². The van der Waals surface area contributed by atoms with E-state index in [0.29, 0.717) is 26.9 Å². The lowest BCUT2D eigenvalue weighted by Gasteiger charge is -2.11. The Bertz CT molecular complexity index is 666. The van der Waals surface area contributed by atoms with Gasteiger partial charge in [0.2, 0.25) is 0 Å². The number of amides is 1. The van der Waals surface area contributed by atoms with Gasteiger partial charge in [-0.05, 0) is 31.2 Å². The minimum atomic E-state index is -0.385. The minimum absolute atomic E-state index is 0.0608. The molecule has 3 nitrogen and oxygen atoms in total. The van der Waals surface area contributed by atoms with Crippen LogP contribution < -0.4 is 5.32 Å². The number of phenols is 1. The number of phenolic OH excluding ortho intramolecular Hbond substituents is 1. The van der Waals surface area contributed by atoms with Crippen molar-refractivity contribution in [2.24, 2.45) is 0 Å². The fourth-order valence-electron chi connectivity index (χ4n) is 1.71. The molecule has 0 unspecified atom stereocenters. The molecule has 0 aliphatic carbocycles. The predicted molar refractivity (Wildman–Crippen MR) is 85.0 cm³/mol. The minimum Gasteiger partial charge on any atom is -0.508 e. The molecule has 6 heteroatoms. The molecule has 0 radical (unpaired) electrons. The van der Waals surface area contributed by atoms with Crippen molar-refractivity contribution in [1.82, 2.24) is 0 Å². The van der Waals surface area contributed by atoms with Crippen LogP contribution in [0.1, 0.15) is 15.9 Å². The normalized spacial score (nSPS) is 10.4. The lowest BCUT2D eigenvalue weighted by molar-refractivity contribution is 0.102.